The van der Waals surface area contributed by atoms with Crippen molar-refractivity contribution in [3.63, 3.8) is 0 Å². The summed E-state index contributed by atoms with van der Waals surface area (Å²) in [5.74, 6) is -0.724. The molecule has 2 aromatic rings. The Bertz CT molecular complexity index is 689. The fraction of sp³-hybridized carbons (Fsp3) is 0.286. The van der Waals surface area contributed by atoms with Crippen molar-refractivity contribution < 1.29 is 18.0 Å². The summed E-state index contributed by atoms with van der Waals surface area (Å²) < 4.78 is 37.4. The van der Waals surface area contributed by atoms with Crippen LogP contribution in [-0.4, -0.2) is 28.2 Å². The number of halogens is 3. The fourth-order valence-corrected chi connectivity index (χ4v) is 1.91. The lowest BCUT2D eigenvalue weighted by molar-refractivity contribution is -0.132. The Morgan fingerprint density at radius 2 is 1.91 bits per heavy atom. The number of benzene rings is 1. The summed E-state index contributed by atoms with van der Waals surface area (Å²) in [7, 11) is 0. The molecule has 1 amide bonds. The Morgan fingerprint density at radius 3 is 2.55 bits per heavy atom. The second kappa shape index (κ2) is 6.50. The number of carbonyl (C=O) groups is 1. The van der Waals surface area contributed by atoms with Gasteiger partial charge in [-0.3, -0.25) is 9.36 Å². The summed E-state index contributed by atoms with van der Waals surface area (Å²) in [4.78, 5) is 26.0. The number of H-pyrrole nitrogens is 1. The highest BCUT2D eigenvalue weighted by atomic mass is 19.4. The van der Waals surface area contributed by atoms with Gasteiger partial charge in [-0.1, -0.05) is 30.3 Å². The minimum Gasteiger partial charge on any atom is -0.350 e. The third kappa shape index (κ3) is 4.24. The van der Waals surface area contributed by atoms with Gasteiger partial charge in [0.15, 0.2) is 0 Å². The maximum absolute atomic E-state index is 12.1. The minimum atomic E-state index is -4.34. The van der Waals surface area contributed by atoms with Gasteiger partial charge in [-0.2, -0.15) is 13.2 Å². The van der Waals surface area contributed by atoms with Crippen LogP contribution in [0.15, 0.2) is 41.3 Å². The maximum atomic E-state index is 12.1. The Labute approximate surface area is 123 Å². The van der Waals surface area contributed by atoms with Crippen molar-refractivity contribution in [1.82, 2.24) is 14.9 Å². The molecule has 118 valence electrons. The highest BCUT2D eigenvalue weighted by Crippen LogP contribution is 2.18. The smallest absolute Gasteiger partial charge is 0.350 e. The molecule has 0 radical (unpaired) electrons. The number of hydrogen-bond acceptors (Lipinski definition) is 2. The lowest BCUT2D eigenvalue weighted by Gasteiger charge is -2.09. The van der Waals surface area contributed by atoms with E-state index in [1.165, 1.54) is 10.8 Å². The third-order valence-corrected chi connectivity index (χ3v) is 2.98. The topological polar surface area (TPSA) is 66.9 Å². The summed E-state index contributed by atoms with van der Waals surface area (Å²) in [5, 5.41) is 2.16. The van der Waals surface area contributed by atoms with Crippen LogP contribution in [0.3, 0.4) is 0 Å². The van der Waals surface area contributed by atoms with Gasteiger partial charge in [0.25, 0.3) is 5.91 Å². The Hall–Kier alpha value is -2.51. The predicted molar refractivity (Wildman–Crippen MR) is 73.6 cm³/mol. The Morgan fingerprint density at radius 1 is 1.23 bits per heavy atom. The average Bonchev–Trinajstić information content (AvgIpc) is 2.80. The minimum absolute atomic E-state index is 0.00368. The number of amides is 1. The van der Waals surface area contributed by atoms with Crippen molar-refractivity contribution in [2.24, 2.45) is 0 Å². The monoisotopic (exact) mass is 313 g/mol. The van der Waals surface area contributed by atoms with E-state index in [4.69, 9.17) is 0 Å². The van der Waals surface area contributed by atoms with E-state index >= 15 is 0 Å². The number of hydrogen-bond donors (Lipinski definition) is 2. The van der Waals surface area contributed by atoms with Gasteiger partial charge in [-0.25, -0.2) is 4.79 Å². The molecule has 8 heteroatoms. The largest absolute Gasteiger partial charge is 0.390 e. The number of imidazole rings is 1. The van der Waals surface area contributed by atoms with Gasteiger partial charge < -0.3 is 10.3 Å². The standard InChI is InChI=1S/C14H14F3N3O2/c15-14(16,17)6-7-18-12(21)11-8-19-13(22)20(11)9-10-4-2-1-3-5-10/h1-5,8H,6-7,9H2,(H,18,21)(H,19,22). The molecule has 0 aliphatic heterocycles. The summed E-state index contributed by atoms with van der Waals surface area (Å²) >= 11 is 0. The normalized spacial score (nSPS) is 11.4. The van der Waals surface area contributed by atoms with E-state index in [2.05, 4.69) is 10.3 Å². The van der Waals surface area contributed by atoms with Crippen molar-refractivity contribution >= 4 is 5.91 Å². The van der Waals surface area contributed by atoms with Crippen LogP contribution in [-0.2, 0) is 6.54 Å². The van der Waals surface area contributed by atoms with Crippen LogP contribution in [0.5, 0.6) is 0 Å². The van der Waals surface area contributed by atoms with Crippen LogP contribution in [0.1, 0.15) is 22.5 Å². The van der Waals surface area contributed by atoms with Crippen LogP contribution in [0.25, 0.3) is 0 Å². The van der Waals surface area contributed by atoms with Crippen molar-refractivity contribution in [2.45, 2.75) is 19.1 Å². The van der Waals surface area contributed by atoms with Gasteiger partial charge in [0.2, 0.25) is 0 Å². The molecule has 22 heavy (non-hydrogen) atoms. The fourth-order valence-electron chi connectivity index (χ4n) is 1.91. The van der Waals surface area contributed by atoms with E-state index in [0.29, 0.717) is 0 Å². The molecular weight excluding hydrogens is 299 g/mol. The van der Waals surface area contributed by atoms with Crippen molar-refractivity contribution in [1.29, 1.82) is 0 Å². The number of alkyl halides is 3. The zero-order chi connectivity index (χ0) is 16.2. The lowest BCUT2D eigenvalue weighted by Crippen LogP contribution is -2.31. The Kier molecular flexibility index (Phi) is 4.69. The zero-order valence-electron chi connectivity index (χ0n) is 11.5. The molecule has 0 unspecified atom stereocenters. The molecule has 5 nitrogen and oxygen atoms in total. The second-order valence-electron chi connectivity index (χ2n) is 4.67. The first-order valence-electron chi connectivity index (χ1n) is 6.54. The quantitative estimate of drug-likeness (QED) is 0.885. The Balaban J connectivity index is 2.09. The summed E-state index contributed by atoms with van der Waals surface area (Å²) in [5.41, 5.74) is 0.300. The van der Waals surface area contributed by atoms with Gasteiger partial charge in [-0.05, 0) is 5.56 Å². The first-order chi connectivity index (χ1) is 10.4. The van der Waals surface area contributed by atoms with Crippen molar-refractivity contribution in [3.05, 3.63) is 58.3 Å². The van der Waals surface area contributed by atoms with E-state index < -0.39 is 30.7 Å². The first kappa shape index (κ1) is 15.9. The van der Waals surface area contributed by atoms with E-state index in [-0.39, 0.29) is 12.2 Å². The highest BCUT2D eigenvalue weighted by molar-refractivity contribution is 5.92. The molecular formula is C14H14F3N3O2. The van der Waals surface area contributed by atoms with Gasteiger partial charge in [-0.15, -0.1) is 0 Å². The predicted octanol–water partition coefficient (Wildman–Crippen LogP) is 1.91. The number of nitrogens with one attached hydrogen (secondary N) is 2. The number of aromatic amines is 1. The number of carbonyl (C=O) groups excluding carboxylic acids is 1. The molecule has 0 spiro atoms. The molecule has 0 saturated carbocycles. The summed E-state index contributed by atoms with van der Waals surface area (Å²) in [6, 6.07) is 8.95. The molecule has 0 bridgehead atoms. The molecule has 0 atom stereocenters. The molecule has 2 N–H and O–H groups in total. The average molecular weight is 313 g/mol. The van der Waals surface area contributed by atoms with E-state index in [1.54, 1.807) is 24.3 Å². The van der Waals surface area contributed by atoms with Crippen LogP contribution in [0.4, 0.5) is 13.2 Å². The number of nitrogens with zero attached hydrogens (tertiary/aromatic N) is 1. The summed E-state index contributed by atoms with van der Waals surface area (Å²) in [6.45, 7) is -0.377. The molecule has 1 aromatic heterocycles. The lowest BCUT2D eigenvalue weighted by atomic mass is 10.2. The molecule has 0 aliphatic carbocycles. The third-order valence-electron chi connectivity index (χ3n) is 2.98. The molecule has 1 heterocycles. The summed E-state index contributed by atoms with van der Waals surface area (Å²) in [6.07, 6.45) is -4.27. The van der Waals surface area contributed by atoms with Crippen molar-refractivity contribution in [3.8, 4) is 0 Å². The van der Waals surface area contributed by atoms with Crippen molar-refractivity contribution in [2.75, 3.05) is 6.54 Å². The highest BCUT2D eigenvalue weighted by Gasteiger charge is 2.27. The molecule has 1 aromatic carbocycles. The number of rotatable bonds is 5. The van der Waals surface area contributed by atoms with Gasteiger partial charge in [0.1, 0.15) is 5.69 Å². The van der Waals surface area contributed by atoms with Crippen LogP contribution < -0.4 is 11.0 Å². The van der Waals surface area contributed by atoms with Crippen LogP contribution >= 0.6 is 0 Å². The van der Waals surface area contributed by atoms with Crippen LogP contribution in [0, 0.1) is 0 Å². The SMILES string of the molecule is O=C(NCCC(F)(F)F)c1c[nH]c(=O)n1Cc1ccccc1. The second-order valence-corrected chi connectivity index (χ2v) is 4.67. The van der Waals surface area contributed by atoms with E-state index in [1.807, 2.05) is 6.07 Å². The number of aromatic nitrogens is 2. The molecule has 2 rings (SSSR count). The molecule has 0 saturated heterocycles. The zero-order valence-corrected chi connectivity index (χ0v) is 11.5. The van der Waals surface area contributed by atoms with Gasteiger partial charge >= 0.3 is 11.9 Å². The maximum Gasteiger partial charge on any atom is 0.390 e. The molecule has 0 aliphatic rings. The van der Waals surface area contributed by atoms with E-state index in [9.17, 15) is 22.8 Å². The van der Waals surface area contributed by atoms with Gasteiger partial charge in [0, 0.05) is 12.7 Å². The van der Waals surface area contributed by atoms with Gasteiger partial charge in [0.05, 0.1) is 13.0 Å². The molecule has 0 fully saturated rings. The van der Waals surface area contributed by atoms with E-state index in [0.717, 1.165) is 5.56 Å². The van der Waals surface area contributed by atoms with Crippen LogP contribution in [0.2, 0.25) is 0 Å². The first-order valence-corrected chi connectivity index (χ1v) is 6.54.